The van der Waals surface area contributed by atoms with Crippen LogP contribution in [-0.2, 0) is 4.43 Å². The SMILES string of the molecule is CC(C)(C)[Si](C)(C)OCCOc1c(Cl)cc(C(=O)O)cc1Cl. The first-order valence-electron chi connectivity index (χ1n) is 6.95. The second-order valence-corrected chi connectivity index (χ2v) is 12.2. The standard InChI is InChI=1S/C15H22Cl2O4Si/c1-15(2,3)22(4,5)21-7-6-20-13-11(16)8-10(14(18)19)9-12(13)17/h8-9H,6-7H2,1-5H3,(H,18,19). The lowest BCUT2D eigenvalue weighted by Gasteiger charge is -2.36. The molecular weight excluding hydrogens is 343 g/mol. The van der Waals surface area contributed by atoms with E-state index in [-0.39, 0.29) is 26.4 Å². The molecule has 4 nitrogen and oxygen atoms in total. The molecule has 1 aromatic carbocycles. The summed E-state index contributed by atoms with van der Waals surface area (Å²) in [5.74, 6) is -0.802. The summed E-state index contributed by atoms with van der Waals surface area (Å²) in [5.41, 5.74) is 0.0277. The van der Waals surface area contributed by atoms with Crippen LogP contribution in [0.25, 0.3) is 0 Å². The van der Waals surface area contributed by atoms with E-state index in [0.717, 1.165) is 0 Å². The zero-order chi connectivity index (χ0) is 17.1. The monoisotopic (exact) mass is 364 g/mol. The topological polar surface area (TPSA) is 55.8 Å². The van der Waals surface area contributed by atoms with Gasteiger partial charge in [-0.15, -0.1) is 0 Å². The predicted molar refractivity (Wildman–Crippen MR) is 92.1 cm³/mol. The number of hydrogen-bond donors (Lipinski definition) is 1. The number of halogens is 2. The highest BCUT2D eigenvalue weighted by atomic mass is 35.5. The van der Waals surface area contributed by atoms with Crippen LogP contribution in [0.15, 0.2) is 12.1 Å². The van der Waals surface area contributed by atoms with E-state index in [1.54, 1.807) is 0 Å². The molecule has 7 heteroatoms. The number of carboxylic acid groups (broad SMARTS) is 1. The number of benzene rings is 1. The Hall–Kier alpha value is -0.753. The first-order valence-corrected chi connectivity index (χ1v) is 10.6. The molecule has 0 spiro atoms. The summed E-state index contributed by atoms with van der Waals surface area (Å²) < 4.78 is 11.5. The quantitative estimate of drug-likeness (QED) is 0.563. The van der Waals surface area contributed by atoms with Gasteiger partial charge in [0.25, 0.3) is 0 Å². The number of aromatic carboxylic acids is 1. The van der Waals surface area contributed by atoms with Gasteiger partial charge in [0.2, 0.25) is 0 Å². The van der Waals surface area contributed by atoms with Crippen LogP contribution >= 0.6 is 23.2 Å². The second-order valence-electron chi connectivity index (χ2n) is 6.53. The minimum atomic E-state index is -1.82. The summed E-state index contributed by atoms with van der Waals surface area (Å²) in [5, 5.41) is 9.42. The van der Waals surface area contributed by atoms with Gasteiger partial charge in [-0.3, -0.25) is 0 Å². The molecule has 1 rings (SSSR count). The van der Waals surface area contributed by atoms with E-state index in [2.05, 4.69) is 33.9 Å². The Bertz CT molecular complexity index is 530. The van der Waals surface area contributed by atoms with Crippen LogP contribution in [0.1, 0.15) is 31.1 Å². The van der Waals surface area contributed by atoms with Crippen molar-refractivity contribution in [2.75, 3.05) is 13.2 Å². The third kappa shape index (κ3) is 4.88. The van der Waals surface area contributed by atoms with Crippen molar-refractivity contribution in [1.82, 2.24) is 0 Å². The number of ether oxygens (including phenoxy) is 1. The molecule has 0 aliphatic heterocycles. The first-order chi connectivity index (χ1) is 9.95. The van der Waals surface area contributed by atoms with Gasteiger partial charge in [-0.25, -0.2) is 4.79 Å². The molecule has 1 aromatic rings. The van der Waals surface area contributed by atoms with Crippen LogP contribution in [0.4, 0.5) is 0 Å². The summed E-state index contributed by atoms with van der Waals surface area (Å²) >= 11 is 12.0. The zero-order valence-corrected chi connectivity index (χ0v) is 16.0. The summed E-state index contributed by atoms with van der Waals surface area (Å²) in [6, 6.07) is 2.64. The van der Waals surface area contributed by atoms with Gasteiger partial charge in [0.15, 0.2) is 14.1 Å². The van der Waals surface area contributed by atoms with Crippen molar-refractivity contribution in [3.05, 3.63) is 27.7 Å². The summed E-state index contributed by atoms with van der Waals surface area (Å²) in [4.78, 5) is 10.9. The third-order valence-electron chi connectivity index (χ3n) is 3.84. The van der Waals surface area contributed by atoms with E-state index in [0.29, 0.717) is 13.2 Å². The molecule has 0 bridgehead atoms. The van der Waals surface area contributed by atoms with Gasteiger partial charge in [0.05, 0.1) is 22.2 Å². The van der Waals surface area contributed by atoms with Gasteiger partial charge < -0.3 is 14.3 Å². The highest BCUT2D eigenvalue weighted by molar-refractivity contribution is 6.74. The normalized spacial score (nSPS) is 12.3. The molecule has 22 heavy (non-hydrogen) atoms. The van der Waals surface area contributed by atoms with Crippen LogP contribution in [0.2, 0.25) is 28.2 Å². The van der Waals surface area contributed by atoms with Crippen molar-refractivity contribution in [2.45, 2.75) is 38.9 Å². The summed E-state index contributed by atoms with van der Waals surface area (Å²) in [7, 11) is -1.82. The fourth-order valence-corrected chi connectivity index (χ4v) is 3.10. The van der Waals surface area contributed by atoms with Crippen molar-refractivity contribution in [1.29, 1.82) is 0 Å². The maximum absolute atomic E-state index is 10.9. The Labute approximate surface area is 142 Å². The minimum Gasteiger partial charge on any atom is -0.488 e. The number of carbonyl (C=O) groups is 1. The molecule has 0 saturated carbocycles. The molecule has 0 aliphatic rings. The summed E-state index contributed by atoms with van der Waals surface area (Å²) in [6.45, 7) is 11.6. The van der Waals surface area contributed by atoms with Crippen LogP contribution in [0, 0.1) is 0 Å². The molecular formula is C15H22Cl2O4Si. The van der Waals surface area contributed by atoms with Crippen molar-refractivity contribution >= 4 is 37.5 Å². The van der Waals surface area contributed by atoms with Crippen LogP contribution in [0.3, 0.4) is 0 Å². The largest absolute Gasteiger partial charge is 0.488 e. The number of hydrogen-bond acceptors (Lipinski definition) is 3. The molecule has 0 atom stereocenters. The average molecular weight is 365 g/mol. The van der Waals surface area contributed by atoms with Crippen LogP contribution < -0.4 is 4.74 Å². The average Bonchev–Trinajstić information content (AvgIpc) is 2.35. The Balaban J connectivity index is 2.65. The van der Waals surface area contributed by atoms with Crippen molar-refractivity contribution in [2.24, 2.45) is 0 Å². The van der Waals surface area contributed by atoms with Gasteiger partial charge in [-0.1, -0.05) is 44.0 Å². The minimum absolute atomic E-state index is 0.0277. The van der Waals surface area contributed by atoms with E-state index in [9.17, 15) is 4.79 Å². The maximum atomic E-state index is 10.9. The number of carboxylic acids is 1. The molecule has 0 amide bonds. The molecule has 0 heterocycles. The Morgan fingerprint density at radius 2 is 1.68 bits per heavy atom. The smallest absolute Gasteiger partial charge is 0.335 e. The van der Waals surface area contributed by atoms with Crippen molar-refractivity contribution in [3.63, 3.8) is 0 Å². The highest BCUT2D eigenvalue weighted by Crippen LogP contribution is 2.37. The van der Waals surface area contributed by atoms with E-state index >= 15 is 0 Å². The molecule has 0 radical (unpaired) electrons. The Kier molecular flexibility index (Phi) is 6.33. The van der Waals surface area contributed by atoms with Gasteiger partial charge in [-0.2, -0.15) is 0 Å². The fraction of sp³-hybridized carbons (Fsp3) is 0.533. The molecule has 0 unspecified atom stereocenters. The van der Waals surface area contributed by atoms with Gasteiger partial charge in [0, 0.05) is 0 Å². The van der Waals surface area contributed by atoms with Crippen molar-refractivity contribution in [3.8, 4) is 5.75 Å². The van der Waals surface area contributed by atoms with Crippen LogP contribution in [-0.4, -0.2) is 32.6 Å². The van der Waals surface area contributed by atoms with Gasteiger partial charge in [0.1, 0.15) is 6.61 Å². The molecule has 0 fully saturated rings. The van der Waals surface area contributed by atoms with E-state index in [4.69, 9.17) is 37.5 Å². The predicted octanol–water partition coefficient (Wildman–Crippen LogP) is 5.09. The second kappa shape index (κ2) is 7.21. The molecule has 1 N–H and O–H groups in total. The Morgan fingerprint density at radius 1 is 1.18 bits per heavy atom. The lowest BCUT2D eigenvalue weighted by molar-refractivity contribution is 0.0697. The van der Waals surface area contributed by atoms with Gasteiger partial charge in [-0.05, 0) is 30.3 Å². The first kappa shape index (κ1) is 19.3. The van der Waals surface area contributed by atoms with E-state index in [1.807, 2.05) is 0 Å². The van der Waals surface area contributed by atoms with Crippen LogP contribution in [0.5, 0.6) is 5.75 Å². The lowest BCUT2D eigenvalue weighted by Crippen LogP contribution is -2.41. The maximum Gasteiger partial charge on any atom is 0.335 e. The highest BCUT2D eigenvalue weighted by Gasteiger charge is 2.36. The molecule has 0 aliphatic carbocycles. The van der Waals surface area contributed by atoms with E-state index in [1.165, 1.54) is 12.1 Å². The van der Waals surface area contributed by atoms with Crippen molar-refractivity contribution < 1.29 is 19.1 Å². The summed E-state index contributed by atoms with van der Waals surface area (Å²) in [6.07, 6.45) is 0. The van der Waals surface area contributed by atoms with E-state index < -0.39 is 14.3 Å². The molecule has 0 aromatic heterocycles. The lowest BCUT2D eigenvalue weighted by atomic mass is 10.2. The zero-order valence-electron chi connectivity index (χ0n) is 13.5. The molecule has 124 valence electrons. The fourth-order valence-electron chi connectivity index (χ4n) is 1.48. The number of rotatable bonds is 6. The molecule has 0 saturated heterocycles. The van der Waals surface area contributed by atoms with Gasteiger partial charge >= 0.3 is 5.97 Å². The third-order valence-corrected chi connectivity index (χ3v) is 8.94. The Morgan fingerprint density at radius 3 is 2.09 bits per heavy atom.